The fourth-order valence-electron chi connectivity index (χ4n) is 6.24. The molecule has 0 saturated heterocycles. The average Bonchev–Trinajstić information content (AvgIpc) is 3.35. The lowest BCUT2D eigenvalue weighted by molar-refractivity contribution is -0.141. The zero-order valence-corrected chi connectivity index (χ0v) is 29.6. The largest absolute Gasteiger partial charge is 0.497 e. The van der Waals surface area contributed by atoms with E-state index in [0.717, 1.165) is 27.6 Å². The van der Waals surface area contributed by atoms with Crippen LogP contribution < -0.4 is 20.7 Å². The van der Waals surface area contributed by atoms with E-state index >= 15 is 0 Å². The SMILES string of the molecule is COc1ccc([C@H]2CC(=O)NC(C)C[C@@H](C)/C=C(\C)CCC(=O)N[C@@H](C)C(=O)N(C)[C@H](Cc3c(Br)[nH]c4ccccc34)C(=O)N2)cc1. The number of ether oxygens (including phenoxy) is 1. The number of carbonyl (C=O) groups excluding carboxylic acids is 4. The summed E-state index contributed by atoms with van der Waals surface area (Å²) in [7, 11) is 3.15. The van der Waals surface area contributed by atoms with Gasteiger partial charge in [-0.15, -0.1) is 0 Å². The second-order valence-electron chi connectivity index (χ2n) is 12.7. The molecule has 1 unspecified atom stereocenters. The predicted octanol–water partition coefficient (Wildman–Crippen LogP) is 5.33. The predicted molar refractivity (Wildman–Crippen MR) is 187 cm³/mol. The molecule has 1 aromatic heterocycles. The lowest BCUT2D eigenvalue weighted by Crippen LogP contribution is -2.54. The van der Waals surface area contributed by atoms with E-state index in [9.17, 15) is 19.2 Å². The summed E-state index contributed by atoms with van der Waals surface area (Å²) in [6, 6.07) is 12.3. The van der Waals surface area contributed by atoms with E-state index in [4.69, 9.17) is 4.74 Å². The van der Waals surface area contributed by atoms with Crippen LogP contribution in [0.25, 0.3) is 10.9 Å². The summed E-state index contributed by atoms with van der Waals surface area (Å²) < 4.78 is 6.04. The molecule has 0 saturated carbocycles. The van der Waals surface area contributed by atoms with Gasteiger partial charge in [0.2, 0.25) is 23.6 Å². The van der Waals surface area contributed by atoms with Crippen LogP contribution in [-0.2, 0) is 25.6 Å². The third-order valence-electron chi connectivity index (χ3n) is 8.70. The molecule has 0 bridgehead atoms. The first-order valence-corrected chi connectivity index (χ1v) is 16.9. The van der Waals surface area contributed by atoms with E-state index in [1.54, 1.807) is 33.2 Å². The van der Waals surface area contributed by atoms with Crippen LogP contribution in [0.3, 0.4) is 0 Å². The number of halogens is 1. The van der Waals surface area contributed by atoms with Gasteiger partial charge in [-0.05, 0) is 84.8 Å². The van der Waals surface area contributed by atoms with Gasteiger partial charge in [-0.1, -0.05) is 48.9 Å². The van der Waals surface area contributed by atoms with Crippen molar-refractivity contribution in [2.45, 2.75) is 84.0 Å². The number of hydrogen-bond donors (Lipinski definition) is 4. The summed E-state index contributed by atoms with van der Waals surface area (Å²) in [5.41, 5.74) is 3.51. The molecule has 5 atom stereocenters. The van der Waals surface area contributed by atoms with Gasteiger partial charge < -0.3 is 30.6 Å². The molecule has 4 amide bonds. The Kier molecular flexibility index (Phi) is 12.3. The molecule has 11 heteroatoms. The van der Waals surface area contributed by atoms with Gasteiger partial charge in [0.25, 0.3) is 0 Å². The highest BCUT2D eigenvalue weighted by Crippen LogP contribution is 2.29. The second kappa shape index (κ2) is 16.1. The van der Waals surface area contributed by atoms with Crippen LogP contribution in [0.2, 0.25) is 0 Å². The highest BCUT2D eigenvalue weighted by atomic mass is 79.9. The van der Waals surface area contributed by atoms with Crippen molar-refractivity contribution in [2.24, 2.45) is 5.92 Å². The first-order chi connectivity index (χ1) is 22.4. The van der Waals surface area contributed by atoms with Gasteiger partial charge in [0.15, 0.2) is 0 Å². The number of fused-ring (bicyclic) bond motifs is 1. The van der Waals surface area contributed by atoms with Gasteiger partial charge in [-0.3, -0.25) is 19.2 Å². The molecular formula is C36H46BrN5O5. The Labute approximate surface area is 285 Å². The normalized spacial score (nSPS) is 25.5. The minimum atomic E-state index is -0.965. The molecule has 2 heterocycles. The maximum absolute atomic E-state index is 14.3. The smallest absolute Gasteiger partial charge is 0.245 e. The molecule has 252 valence electrons. The number of amides is 4. The highest BCUT2D eigenvalue weighted by molar-refractivity contribution is 9.10. The van der Waals surface area contributed by atoms with E-state index in [-0.39, 0.29) is 43.0 Å². The highest BCUT2D eigenvalue weighted by Gasteiger charge is 2.33. The topological polar surface area (TPSA) is 133 Å². The van der Waals surface area contributed by atoms with Crippen molar-refractivity contribution in [2.75, 3.05) is 14.2 Å². The molecule has 0 aliphatic carbocycles. The van der Waals surface area contributed by atoms with Gasteiger partial charge in [0.1, 0.15) is 17.8 Å². The molecule has 0 spiro atoms. The molecular weight excluding hydrogens is 662 g/mol. The Morgan fingerprint density at radius 3 is 2.32 bits per heavy atom. The number of para-hydroxylation sites is 1. The summed E-state index contributed by atoms with van der Waals surface area (Å²) >= 11 is 3.62. The van der Waals surface area contributed by atoms with Crippen molar-refractivity contribution >= 4 is 50.5 Å². The molecule has 0 radical (unpaired) electrons. The number of benzene rings is 2. The van der Waals surface area contributed by atoms with Gasteiger partial charge in [0.05, 0.1) is 24.2 Å². The zero-order chi connectivity index (χ0) is 34.2. The number of likely N-dealkylation sites (N-methyl/N-ethyl adjacent to an activating group) is 1. The minimum Gasteiger partial charge on any atom is -0.497 e. The maximum atomic E-state index is 14.3. The summed E-state index contributed by atoms with van der Waals surface area (Å²) in [5, 5.41) is 9.94. The van der Waals surface area contributed by atoms with Crippen LogP contribution in [0.4, 0.5) is 0 Å². The minimum absolute atomic E-state index is 0.000717. The van der Waals surface area contributed by atoms with Crippen LogP contribution in [-0.4, -0.2) is 65.8 Å². The fourth-order valence-corrected chi connectivity index (χ4v) is 6.83. The third-order valence-corrected chi connectivity index (χ3v) is 9.37. The number of rotatable bonds is 4. The Morgan fingerprint density at radius 1 is 0.915 bits per heavy atom. The van der Waals surface area contributed by atoms with Gasteiger partial charge in [0, 0.05) is 36.8 Å². The fraction of sp³-hybridized carbons (Fsp3) is 0.444. The number of aromatic amines is 1. The van der Waals surface area contributed by atoms with Gasteiger partial charge in [-0.2, -0.15) is 0 Å². The first kappa shape index (κ1) is 35.7. The van der Waals surface area contributed by atoms with Crippen LogP contribution >= 0.6 is 15.9 Å². The second-order valence-corrected chi connectivity index (χ2v) is 13.4. The standard InChI is InChI=1S/C36H46BrN5O5/c1-21-11-16-32(43)39-24(4)36(46)42(5)31(19-28-27-9-7-8-10-29(27)40-34(28)37)35(45)41-30(25-12-14-26(47-6)15-13-25)20-33(44)38-23(3)18-22(2)17-21/h7-10,12-15,17,22-24,30-31,40H,11,16,18-20H2,1-6H3,(H,38,44)(H,39,43)(H,41,45)/b21-17+/t22-,23?,24-,30+,31+/m0/s1. The monoisotopic (exact) mass is 707 g/mol. The number of hydrogen-bond acceptors (Lipinski definition) is 5. The van der Waals surface area contributed by atoms with Crippen LogP contribution in [0.15, 0.2) is 64.8 Å². The molecule has 2 aromatic carbocycles. The Hall–Kier alpha value is -4.12. The van der Waals surface area contributed by atoms with E-state index in [0.29, 0.717) is 23.2 Å². The molecule has 47 heavy (non-hydrogen) atoms. The number of carbonyl (C=O) groups is 4. The summed E-state index contributed by atoms with van der Waals surface area (Å²) in [5.74, 6) is -0.446. The average molecular weight is 709 g/mol. The van der Waals surface area contributed by atoms with Crippen LogP contribution in [0, 0.1) is 5.92 Å². The first-order valence-electron chi connectivity index (χ1n) is 16.1. The number of nitrogens with zero attached hydrogens (tertiary/aromatic N) is 1. The van der Waals surface area contributed by atoms with Gasteiger partial charge in [-0.25, -0.2) is 0 Å². The molecule has 10 nitrogen and oxygen atoms in total. The number of aromatic nitrogens is 1. The molecule has 4 N–H and O–H groups in total. The quantitative estimate of drug-likeness (QED) is 0.272. The summed E-state index contributed by atoms with van der Waals surface area (Å²) in [6.45, 7) is 7.66. The molecule has 0 fully saturated rings. The number of nitrogens with one attached hydrogen (secondary N) is 4. The van der Waals surface area contributed by atoms with Crippen molar-refractivity contribution in [3.05, 3.63) is 75.9 Å². The maximum Gasteiger partial charge on any atom is 0.245 e. The number of allylic oxidation sites excluding steroid dienone is 2. The van der Waals surface area contributed by atoms with Crippen molar-refractivity contribution in [1.82, 2.24) is 25.8 Å². The lowest BCUT2D eigenvalue weighted by Gasteiger charge is -2.31. The van der Waals surface area contributed by atoms with Crippen molar-refractivity contribution in [1.29, 1.82) is 0 Å². The Balaban J connectivity index is 1.73. The molecule has 1 aliphatic rings. The van der Waals surface area contributed by atoms with E-state index in [1.807, 2.05) is 50.2 Å². The van der Waals surface area contributed by atoms with Crippen molar-refractivity contribution in [3.8, 4) is 5.75 Å². The zero-order valence-electron chi connectivity index (χ0n) is 28.0. The van der Waals surface area contributed by atoms with Crippen LogP contribution in [0.1, 0.15) is 70.5 Å². The molecule has 3 aromatic rings. The molecule has 4 rings (SSSR count). The van der Waals surface area contributed by atoms with E-state index in [2.05, 4.69) is 49.9 Å². The van der Waals surface area contributed by atoms with Crippen molar-refractivity contribution in [3.63, 3.8) is 0 Å². The van der Waals surface area contributed by atoms with E-state index < -0.39 is 29.9 Å². The van der Waals surface area contributed by atoms with Gasteiger partial charge >= 0.3 is 0 Å². The van der Waals surface area contributed by atoms with Crippen LogP contribution in [0.5, 0.6) is 5.75 Å². The summed E-state index contributed by atoms with van der Waals surface area (Å²) in [4.78, 5) is 59.1. The van der Waals surface area contributed by atoms with E-state index in [1.165, 1.54) is 4.90 Å². The number of H-pyrrole nitrogens is 1. The third kappa shape index (κ3) is 9.47. The Bertz CT molecular complexity index is 1620. The Morgan fingerprint density at radius 2 is 1.62 bits per heavy atom. The van der Waals surface area contributed by atoms with Crippen molar-refractivity contribution < 1.29 is 23.9 Å². The summed E-state index contributed by atoms with van der Waals surface area (Å²) in [6.07, 6.45) is 3.81. The molecule has 1 aliphatic heterocycles. The number of methoxy groups -OCH3 is 1. The lowest BCUT2D eigenvalue weighted by atomic mass is 9.97.